The molecule has 3 rings (SSSR count). The fourth-order valence-corrected chi connectivity index (χ4v) is 4.37. The third-order valence-electron chi connectivity index (χ3n) is 5.12. The Balaban J connectivity index is 2.20. The minimum Gasteiger partial charge on any atom is -0.496 e. The quantitative estimate of drug-likeness (QED) is 0.641. The molecule has 0 saturated carbocycles. The zero-order valence-electron chi connectivity index (χ0n) is 17.3. The van der Waals surface area contributed by atoms with Crippen molar-refractivity contribution >= 4 is 27.8 Å². The minimum absolute atomic E-state index is 0.275. The van der Waals surface area contributed by atoms with Gasteiger partial charge in [-0.1, -0.05) is 6.07 Å². The molecule has 1 heterocycles. The van der Waals surface area contributed by atoms with Gasteiger partial charge in [0.25, 0.3) is 5.91 Å². The predicted molar refractivity (Wildman–Crippen MR) is 115 cm³/mol. The highest BCUT2D eigenvalue weighted by molar-refractivity contribution is 9.10. The number of methoxy groups -OCH3 is 1. The van der Waals surface area contributed by atoms with Crippen LogP contribution in [0.15, 0.2) is 34.8 Å². The van der Waals surface area contributed by atoms with Gasteiger partial charge in [0.05, 0.1) is 30.8 Å². The molecule has 2 aromatic carbocycles. The SMILES string of the molecule is CCOc1cc2c(cc1OCC)[C@H](C(=O)O)[C@H](c1ccc(OC)c(Br)c1)N(C)C2=O. The van der Waals surface area contributed by atoms with E-state index >= 15 is 0 Å². The first-order valence-electron chi connectivity index (χ1n) is 9.60. The number of aliphatic carboxylic acids is 1. The summed E-state index contributed by atoms with van der Waals surface area (Å²) in [5.41, 5.74) is 1.40. The smallest absolute Gasteiger partial charge is 0.313 e. The van der Waals surface area contributed by atoms with Crippen LogP contribution >= 0.6 is 15.9 Å². The molecule has 0 aromatic heterocycles. The molecule has 7 nitrogen and oxygen atoms in total. The van der Waals surface area contributed by atoms with Gasteiger partial charge in [-0.25, -0.2) is 0 Å². The fourth-order valence-electron chi connectivity index (χ4n) is 3.82. The van der Waals surface area contributed by atoms with Crippen molar-refractivity contribution in [1.82, 2.24) is 4.90 Å². The minimum atomic E-state index is -1.03. The molecule has 0 bridgehead atoms. The summed E-state index contributed by atoms with van der Waals surface area (Å²) in [4.78, 5) is 27.1. The van der Waals surface area contributed by atoms with Crippen LogP contribution in [0.1, 0.15) is 47.3 Å². The zero-order chi connectivity index (χ0) is 22.0. The van der Waals surface area contributed by atoms with Gasteiger partial charge in [0.2, 0.25) is 0 Å². The van der Waals surface area contributed by atoms with Gasteiger partial charge in [-0.3, -0.25) is 9.59 Å². The van der Waals surface area contributed by atoms with Crippen molar-refractivity contribution in [2.24, 2.45) is 0 Å². The predicted octanol–water partition coefficient (Wildman–Crippen LogP) is 4.25. The Hall–Kier alpha value is -2.74. The Morgan fingerprint density at radius 2 is 1.73 bits per heavy atom. The van der Waals surface area contributed by atoms with Crippen LogP contribution in [0, 0.1) is 0 Å². The third-order valence-corrected chi connectivity index (χ3v) is 5.74. The van der Waals surface area contributed by atoms with E-state index in [1.54, 1.807) is 44.5 Å². The van der Waals surface area contributed by atoms with E-state index in [-0.39, 0.29) is 5.91 Å². The molecule has 8 heteroatoms. The lowest BCUT2D eigenvalue weighted by Gasteiger charge is -2.39. The number of carbonyl (C=O) groups is 2. The monoisotopic (exact) mass is 477 g/mol. The number of halogens is 1. The van der Waals surface area contributed by atoms with Crippen LogP contribution in [0.2, 0.25) is 0 Å². The fraction of sp³-hybridized carbons (Fsp3) is 0.364. The average molecular weight is 478 g/mol. The highest BCUT2D eigenvalue weighted by atomic mass is 79.9. The van der Waals surface area contributed by atoms with E-state index in [0.29, 0.717) is 51.6 Å². The lowest BCUT2D eigenvalue weighted by atomic mass is 9.80. The van der Waals surface area contributed by atoms with Gasteiger partial charge in [-0.15, -0.1) is 0 Å². The molecule has 1 amide bonds. The Morgan fingerprint density at radius 1 is 1.10 bits per heavy atom. The van der Waals surface area contributed by atoms with Crippen molar-refractivity contribution in [2.75, 3.05) is 27.4 Å². The molecule has 0 saturated heterocycles. The van der Waals surface area contributed by atoms with Crippen LogP contribution in [-0.4, -0.2) is 49.3 Å². The van der Waals surface area contributed by atoms with Crippen LogP contribution < -0.4 is 14.2 Å². The molecule has 2 aromatic rings. The molecule has 1 aliphatic heterocycles. The first-order valence-corrected chi connectivity index (χ1v) is 10.4. The first-order chi connectivity index (χ1) is 14.3. The maximum absolute atomic E-state index is 13.2. The van der Waals surface area contributed by atoms with Gasteiger partial charge in [0, 0.05) is 12.6 Å². The second-order valence-electron chi connectivity index (χ2n) is 6.82. The molecule has 160 valence electrons. The van der Waals surface area contributed by atoms with E-state index in [1.165, 1.54) is 4.90 Å². The molecular weight excluding hydrogens is 454 g/mol. The number of carboxylic acids is 1. The number of rotatable bonds is 7. The van der Waals surface area contributed by atoms with Crippen molar-refractivity contribution in [3.8, 4) is 17.2 Å². The normalized spacial score (nSPS) is 18.0. The van der Waals surface area contributed by atoms with Gasteiger partial charge in [-0.2, -0.15) is 0 Å². The van der Waals surface area contributed by atoms with E-state index in [4.69, 9.17) is 14.2 Å². The summed E-state index contributed by atoms with van der Waals surface area (Å²) in [7, 11) is 3.17. The summed E-state index contributed by atoms with van der Waals surface area (Å²) in [5.74, 6) is -0.803. The van der Waals surface area contributed by atoms with Gasteiger partial charge in [0.1, 0.15) is 11.7 Å². The number of ether oxygens (including phenoxy) is 3. The Bertz CT molecular complexity index is 976. The molecule has 0 aliphatic carbocycles. The number of nitrogens with zero attached hydrogens (tertiary/aromatic N) is 1. The largest absolute Gasteiger partial charge is 0.496 e. The number of likely N-dealkylation sites (N-methyl/N-ethyl adjacent to an activating group) is 1. The van der Waals surface area contributed by atoms with Crippen molar-refractivity contribution in [2.45, 2.75) is 25.8 Å². The Kier molecular flexibility index (Phi) is 6.55. The summed E-state index contributed by atoms with van der Waals surface area (Å²) < 4.78 is 17.2. The topological polar surface area (TPSA) is 85.3 Å². The number of hydrogen-bond acceptors (Lipinski definition) is 5. The maximum Gasteiger partial charge on any atom is 0.313 e. The van der Waals surface area contributed by atoms with E-state index in [2.05, 4.69) is 15.9 Å². The molecule has 1 N–H and O–H groups in total. The summed E-state index contributed by atoms with van der Waals surface area (Å²) >= 11 is 3.44. The van der Waals surface area contributed by atoms with Crippen LogP contribution in [-0.2, 0) is 4.79 Å². The third kappa shape index (κ3) is 3.84. The van der Waals surface area contributed by atoms with Crippen molar-refractivity contribution in [1.29, 1.82) is 0 Å². The highest BCUT2D eigenvalue weighted by Gasteiger charge is 2.43. The second kappa shape index (κ2) is 8.95. The molecule has 0 spiro atoms. The van der Waals surface area contributed by atoms with Crippen molar-refractivity contribution in [3.05, 3.63) is 51.5 Å². The maximum atomic E-state index is 13.2. The lowest BCUT2D eigenvalue weighted by Crippen LogP contribution is -2.42. The zero-order valence-corrected chi connectivity index (χ0v) is 18.9. The van der Waals surface area contributed by atoms with Crippen LogP contribution in [0.4, 0.5) is 0 Å². The van der Waals surface area contributed by atoms with Gasteiger partial charge >= 0.3 is 5.97 Å². The molecule has 2 atom stereocenters. The lowest BCUT2D eigenvalue weighted by molar-refractivity contribution is -0.140. The number of carbonyl (C=O) groups excluding carboxylic acids is 1. The number of benzene rings is 2. The van der Waals surface area contributed by atoms with Crippen LogP contribution in [0.5, 0.6) is 17.2 Å². The first kappa shape index (κ1) is 22.0. The molecule has 0 radical (unpaired) electrons. The van der Waals surface area contributed by atoms with Crippen molar-refractivity contribution < 1.29 is 28.9 Å². The number of hydrogen-bond donors (Lipinski definition) is 1. The van der Waals surface area contributed by atoms with Gasteiger partial charge in [-0.05, 0) is 65.2 Å². The van der Waals surface area contributed by atoms with E-state index < -0.39 is 17.9 Å². The Morgan fingerprint density at radius 3 is 2.27 bits per heavy atom. The van der Waals surface area contributed by atoms with Crippen LogP contribution in [0.3, 0.4) is 0 Å². The highest BCUT2D eigenvalue weighted by Crippen LogP contribution is 2.46. The molecule has 0 fully saturated rings. The van der Waals surface area contributed by atoms with E-state index in [1.807, 2.05) is 13.8 Å². The molecule has 1 aliphatic rings. The van der Waals surface area contributed by atoms with E-state index in [0.717, 1.165) is 0 Å². The van der Waals surface area contributed by atoms with Gasteiger partial charge < -0.3 is 24.2 Å². The summed E-state index contributed by atoms with van der Waals surface area (Å²) in [6, 6.07) is 7.81. The van der Waals surface area contributed by atoms with Crippen molar-refractivity contribution in [3.63, 3.8) is 0 Å². The Labute approximate surface area is 183 Å². The summed E-state index contributed by atoms with van der Waals surface area (Å²) in [6.45, 7) is 4.45. The molecule has 30 heavy (non-hydrogen) atoms. The summed E-state index contributed by atoms with van der Waals surface area (Å²) in [6.07, 6.45) is 0. The van der Waals surface area contributed by atoms with Gasteiger partial charge in [0.15, 0.2) is 11.5 Å². The number of fused-ring (bicyclic) bond motifs is 1. The average Bonchev–Trinajstić information content (AvgIpc) is 2.71. The van der Waals surface area contributed by atoms with Crippen LogP contribution in [0.25, 0.3) is 0 Å². The molecule has 0 unspecified atom stereocenters. The van der Waals surface area contributed by atoms with E-state index in [9.17, 15) is 14.7 Å². The summed E-state index contributed by atoms with van der Waals surface area (Å²) in [5, 5.41) is 10.1. The standard InChI is InChI=1S/C22H24BrNO6/c1-5-29-17-10-13-14(11-18(17)30-6-2)21(25)24(3)20(19(13)22(26)27)12-7-8-16(28-4)15(23)9-12/h7-11,19-20H,5-6H2,1-4H3,(H,26,27)/t19-,20-/m0/s1. The number of carboxylic acid groups (broad SMARTS) is 1. The molecular formula is C22H24BrNO6. The second-order valence-corrected chi connectivity index (χ2v) is 7.68. The number of amides is 1.